The van der Waals surface area contributed by atoms with Crippen LogP contribution in [-0.4, -0.2) is 20.3 Å². The van der Waals surface area contributed by atoms with E-state index in [1.54, 1.807) is 0 Å². The van der Waals surface area contributed by atoms with Gasteiger partial charge in [-0.1, -0.05) is 44.2 Å². The smallest absolute Gasteiger partial charge is 0.202 e. The number of pyridine rings is 1. The summed E-state index contributed by atoms with van der Waals surface area (Å²) in [5.41, 5.74) is 3.43. The summed E-state index contributed by atoms with van der Waals surface area (Å²) in [6.45, 7) is 4.20. The van der Waals surface area contributed by atoms with Crippen LogP contribution in [0.25, 0.3) is 21.8 Å². The fraction of sp³-hybridized carbons (Fsp3) is 0.107. The third-order valence-corrected chi connectivity index (χ3v) is 5.79. The largest absolute Gasteiger partial charge is 0.504 e. The fourth-order valence-corrected chi connectivity index (χ4v) is 3.93. The molecule has 0 aliphatic heterocycles. The second-order valence-electron chi connectivity index (χ2n) is 8.47. The zero-order valence-electron chi connectivity index (χ0n) is 18.8. The van der Waals surface area contributed by atoms with E-state index >= 15 is 0 Å². The summed E-state index contributed by atoms with van der Waals surface area (Å²) in [5, 5.41) is 35.5. The van der Waals surface area contributed by atoms with Crippen molar-refractivity contribution in [2.75, 3.05) is 5.32 Å². The maximum Gasteiger partial charge on any atom is 0.202 e. The topological polar surface area (TPSA) is 94.8 Å². The van der Waals surface area contributed by atoms with Crippen LogP contribution < -0.4 is 10.1 Å². The van der Waals surface area contributed by atoms with Gasteiger partial charge in [-0.15, -0.1) is 0 Å². The van der Waals surface area contributed by atoms with E-state index in [0.717, 1.165) is 22.4 Å². The summed E-state index contributed by atoms with van der Waals surface area (Å²) in [6, 6.07) is 24.4. The Balaban J connectivity index is 1.60. The molecule has 0 fully saturated rings. The van der Waals surface area contributed by atoms with Crippen LogP contribution in [0.3, 0.4) is 0 Å². The number of phenolic OH excluding ortho intramolecular Hbond substituents is 3. The Morgan fingerprint density at radius 2 is 1.47 bits per heavy atom. The zero-order valence-corrected chi connectivity index (χ0v) is 18.8. The quantitative estimate of drug-likeness (QED) is 0.167. The Bertz CT molecular complexity index is 1500. The van der Waals surface area contributed by atoms with Crippen LogP contribution in [0.2, 0.25) is 0 Å². The molecule has 0 saturated carbocycles. The molecule has 0 aliphatic carbocycles. The van der Waals surface area contributed by atoms with Crippen molar-refractivity contribution in [2.24, 2.45) is 0 Å². The molecule has 6 nitrogen and oxygen atoms in total. The molecule has 6 heteroatoms. The summed E-state index contributed by atoms with van der Waals surface area (Å²) in [6.07, 6.45) is 0. The van der Waals surface area contributed by atoms with Gasteiger partial charge in [0.15, 0.2) is 11.5 Å². The van der Waals surface area contributed by atoms with Crippen LogP contribution in [0.4, 0.5) is 11.4 Å². The van der Waals surface area contributed by atoms with Crippen molar-refractivity contribution in [1.29, 1.82) is 0 Å². The SMILES string of the molecule is CC(C)c1ccc2c(Nc3ccc(Oc4ccccc4)cc3)c3cc(O)c(O)c(O)c3nc2c1. The number of rotatable bonds is 5. The molecule has 0 radical (unpaired) electrons. The highest BCUT2D eigenvalue weighted by molar-refractivity contribution is 6.11. The van der Waals surface area contributed by atoms with E-state index in [1.807, 2.05) is 72.8 Å². The van der Waals surface area contributed by atoms with Crippen molar-refractivity contribution < 1.29 is 20.1 Å². The van der Waals surface area contributed by atoms with Gasteiger partial charge in [-0.2, -0.15) is 0 Å². The van der Waals surface area contributed by atoms with E-state index in [2.05, 4.69) is 24.1 Å². The van der Waals surface area contributed by atoms with Gasteiger partial charge in [0.25, 0.3) is 0 Å². The number of benzene rings is 4. The van der Waals surface area contributed by atoms with Gasteiger partial charge in [0.1, 0.15) is 17.0 Å². The molecule has 5 aromatic rings. The Kier molecular flexibility index (Phi) is 5.34. The third-order valence-electron chi connectivity index (χ3n) is 5.79. The lowest BCUT2D eigenvalue weighted by Gasteiger charge is -2.16. The molecule has 0 spiro atoms. The number of para-hydroxylation sites is 1. The molecular weight excluding hydrogens is 428 g/mol. The van der Waals surface area contributed by atoms with E-state index < -0.39 is 17.2 Å². The molecule has 1 aromatic heterocycles. The van der Waals surface area contributed by atoms with E-state index in [-0.39, 0.29) is 5.52 Å². The number of aromatic hydroxyl groups is 3. The molecule has 0 aliphatic rings. The van der Waals surface area contributed by atoms with Gasteiger partial charge in [0.05, 0.1) is 11.2 Å². The van der Waals surface area contributed by atoms with Crippen LogP contribution in [-0.2, 0) is 0 Å². The van der Waals surface area contributed by atoms with E-state index in [0.29, 0.717) is 28.3 Å². The van der Waals surface area contributed by atoms with Crippen LogP contribution in [0.5, 0.6) is 28.7 Å². The van der Waals surface area contributed by atoms with Crippen LogP contribution in [0.15, 0.2) is 78.9 Å². The summed E-state index contributed by atoms with van der Waals surface area (Å²) in [5.74, 6) is 0.287. The lowest BCUT2D eigenvalue weighted by atomic mass is 9.99. The predicted molar refractivity (Wildman–Crippen MR) is 135 cm³/mol. The van der Waals surface area contributed by atoms with E-state index in [9.17, 15) is 15.3 Å². The average Bonchev–Trinajstić information content (AvgIpc) is 2.84. The second kappa shape index (κ2) is 8.48. The van der Waals surface area contributed by atoms with Gasteiger partial charge in [-0.05, 0) is 60.0 Å². The number of fused-ring (bicyclic) bond motifs is 2. The Morgan fingerprint density at radius 3 is 2.18 bits per heavy atom. The molecule has 170 valence electrons. The molecule has 0 atom stereocenters. The first-order valence-electron chi connectivity index (χ1n) is 11.0. The van der Waals surface area contributed by atoms with Gasteiger partial charge in [-0.25, -0.2) is 4.98 Å². The Morgan fingerprint density at radius 1 is 0.765 bits per heavy atom. The van der Waals surface area contributed by atoms with Crippen LogP contribution in [0.1, 0.15) is 25.3 Å². The maximum absolute atomic E-state index is 10.5. The van der Waals surface area contributed by atoms with Crippen molar-refractivity contribution in [3.05, 3.63) is 84.4 Å². The molecule has 34 heavy (non-hydrogen) atoms. The zero-order chi connectivity index (χ0) is 23.8. The first-order valence-corrected chi connectivity index (χ1v) is 11.0. The number of nitrogens with one attached hydrogen (secondary N) is 1. The lowest BCUT2D eigenvalue weighted by molar-refractivity contribution is 0.371. The fourth-order valence-electron chi connectivity index (χ4n) is 3.93. The summed E-state index contributed by atoms with van der Waals surface area (Å²) >= 11 is 0. The highest BCUT2D eigenvalue weighted by Gasteiger charge is 2.18. The number of aromatic nitrogens is 1. The minimum absolute atomic E-state index is 0.204. The maximum atomic E-state index is 10.5. The minimum atomic E-state index is -0.590. The first-order chi connectivity index (χ1) is 16.4. The van der Waals surface area contributed by atoms with Gasteiger partial charge in [0.2, 0.25) is 5.75 Å². The van der Waals surface area contributed by atoms with Gasteiger partial charge in [-0.3, -0.25) is 0 Å². The molecule has 0 amide bonds. The minimum Gasteiger partial charge on any atom is -0.504 e. The number of nitrogens with zero attached hydrogens (tertiary/aromatic N) is 1. The molecule has 1 heterocycles. The van der Waals surface area contributed by atoms with Crippen molar-refractivity contribution in [1.82, 2.24) is 4.98 Å². The number of hydrogen-bond acceptors (Lipinski definition) is 6. The first kappa shape index (κ1) is 21.4. The highest BCUT2D eigenvalue weighted by atomic mass is 16.5. The van der Waals surface area contributed by atoms with Crippen molar-refractivity contribution in [3.63, 3.8) is 0 Å². The Hall–Kier alpha value is -4.45. The number of ether oxygens (including phenoxy) is 1. The Labute approximate surface area is 196 Å². The standard InChI is InChI=1S/C28H24N2O4/c1-16(2)17-8-13-21-23(14-17)30-26-22(15-24(31)27(32)28(26)33)25(21)29-18-9-11-20(12-10-18)34-19-6-4-3-5-7-19/h3-16,31-33H,1-2H3,(H,29,30). The number of anilines is 2. The van der Waals surface area contributed by atoms with Gasteiger partial charge in [0, 0.05) is 16.5 Å². The lowest BCUT2D eigenvalue weighted by Crippen LogP contribution is -1.97. The van der Waals surface area contributed by atoms with Crippen LogP contribution in [0, 0.1) is 0 Å². The van der Waals surface area contributed by atoms with Gasteiger partial charge < -0.3 is 25.4 Å². The monoisotopic (exact) mass is 452 g/mol. The summed E-state index contributed by atoms with van der Waals surface area (Å²) in [7, 11) is 0. The summed E-state index contributed by atoms with van der Waals surface area (Å²) < 4.78 is 5.87. The molecule has 0 bridgehead atoms. The van der Waals surface area contributed by atoms with Crippen molar-refractivity contribution in [3.8, 4) is 28.7 Å². The van der Waals surface area contributed by atoms with Crippen LogP contribution >= 0.6 is 0 Å². The molecule has 4 aromatic carbocycles. The second-order valence-corrected chi connectivity index (χ2v) is 8.47. The molecule has 5 rings (SSSR count). The van der Waals surface area contributed by atoms with Crippen molar-refractivity contribution in [2.45, 2.75) is 19.8 Å². The molecule has 0 saturated heterocycles. The average molecular weight is 453 g/mol. The molecule has 0 unspecified atom stereocenters. The van der Waals surface area contributed by atoms with E-state index in [1.165, 1.54) is 6.07 Å². The van der Waals surface area contributed by atoms with Crippen molar-refractivity contribution >= 4 is 33.2 Å². The molecule has 4 N–H and O–H groups in total. The summed E-state index contributed by atoms with van der Waals surface area (Å²) in [4.78, 5) is 4.60. The predicted octanol–water partition coefficient (Wildman–Crippen LogP) is 7.16. The van der Waals surface area contributed by atoms with Gasteiger partial charge >= 0.3 is 0 Å². The number of hydrogen-bond donors (Lipinski definition) is 4. The third kappa shape index (κ3) is 3.90. The van der Waals surface area contributed by atoms with E-state index in [4.69, 9.17) is 4.74 Å². The highest BCUT2D eigenvalue weighted by Crippen LogP contribution is 2.45. The normalized spacial score (nSPS) is 11.3. The number of phenols is 3. The molecular formula is C28H24N2O4.